The van der Waals surface area contributed by atoms with Gasteiger partial charge in [-0.25, -0.2) is 0 Å². The minimum Gasteiger partial charge on any atom is -0.367 e. The summed E-state index contributed by atoms with van der Waals surface area (Å²) < 4.78 is 5.50. The van der Waals surface area contributed by atoms with Crippen molar-refractivity contribution in [3.05, 3.63) is 42.7 Å². The van der Waals surface area contributed by atoms with Gasteiger partial charge in [-0.1, -0.05) is 0 Å². The van der Waals surface area contributed by atoms with E-state index in [0.717, 1.165) is 34.4 Å². The highest BCUT2D eigenvalue weighted by molar-refractivity contribution is 6.01. The average Bonchev–Trinajstić information content (AvgIpc) is 3.30. The largest absolute Gasteiger partial charge is 0.367 e. The van der Waals surface area contributed by atoms with E-state index in [1.807, 2.05) is 30.3 Å². The molecule has 2 aromatic heterocycles. The van der Waals surface area contributed by atoms with Crippen LogP contribution in [0.5, 0.6) is 0 Å². The number of nitrogens with one attached hydrogen (secondary N) is 3. The molecule has 1 aliphatic rings. The number of amides is 1. The molecule has 1 atom stereocenters. The van der Waals surface area contributed by atoms with Gasteiger partial charge in [0, 0.05) is 42.7 Å². The van der Waals surface area contributed by atoms with E-state index in [-0.39, 0.29) is 5.91 Å². The third-order valence-corrected chi connectivity index (χ3v) is 4.70. The van der Waals surface area contributed by atoms with Gasteiger partial charge in [0.05, 0.1) is 5.52 Å². The summed E-state index contributed by atoms with van der Waals surface area (Å²) in [6, 6.07) is 9.52. The number of anilines is 1. The molecule has 1 aliphatic heterocycles. The summed E-state index contributed by atoms with van der Waals surface area (Å²) in [5, 5.41) is 14.5. The molecule has 3 aromatic rings. The van der Waals surface area contributed by atoms with Crippen LogP contribution >= 0.6 is 0 Å². The number of aromatic nitrogens is 3. The summed E-state index contributed by atoms with van der Waals surface area (Å²) in [7, 11) is 1.58. The molecule has 1 unspecified atom stereocenters. The zero-order chi connectivity index (χ0) is 17.3. The molecule has 0 aliphatic carbocycles. The van der Waals surface area contributed by atoms with E-state index in [1.165, 1.54) is 0 Å². The lowest BCUT2D eigenvalue weighted by molar-refractivity contribution is -0.135. The Morgan fingerprint density at radius 2 is 2.12 bits per heavy atom. The monoisotopic (exact) mass is 337 g/mol. The van der Waals surface area contributed by atoms with E-state index in [0.29, 0.717) is 13.0 Å². The number of fused-ring (bicyclic) bond motifs is 1. The second-order valence-electron chi connectivity index (χ2n) is 6.15. The lowest BCUT2D eigenvalue weighted by atomic mass is 10.0. The number of methoxy groups -OCH3 is 1. The van der Waals surface area contributed by atoms with Crippen molar-refractivity contribution in [1.82, 2.24) is 20.5 Å². The van der Waals surface area contributed by atoms with E-state index in [4.69, 9.17) is 4.74 Å². The van der Waals surface area contributed by atoms with E-state index in [1.54, 1.807) is 19.5 Å². The van der Waals surface area contributed by atoms with Gasteiger partial charge < -0.3 is 15.4 Å². The fraction of sp³-hybridized carbons (Fsp3) is 0.278. The minimum atomic E-state index is -0.806. The molecule has 3 N–H and O–H groups in total. The second-order valence-corrected chi connectivity index (χ2v) is 6.15. The first-order chi connectivity index (χ1) is 12.2. The summed E-state index contributed by atoms with van der Waals surface area (Å²) in [5.74, 6) is -0.131. The Morgan fingerprint density at radius 1 is 1.28 bits per heavy atom. The number of benzene rings is 1. The number of carbonyl (C=O) groups excluding carboxylic acids is 1. The molecule has 0 saturated carbocycles. The maximum absolute atomic E-state index is 12.7. The molecule has 1 aromatic carbocycles. The van der Waals surface area contributed by atoms with E-state index in [9.17, 15) is 4.79 Å². The van der Waals surface area contributed by atoms with Crippen LogP contribution in [-0.4, -0.2) is 46.9 Å². The Morgan fingerprint density at radius 3 is 2.84 bits per heavy atom. The average molecular weight is 337 g/mol. The number of H-pyrrole nitrogens is 1. The van der Waals surface area contributed by atoms with Crippen LogP contribution in [0.25, 0.3) is 22.2 Å². The highest BCUT2D eigenvalue weighted by Crippen LogP contribution is 2.29. The van der Waals surface area contributed by atoms with Crippen molar-refractivity contribution in [2.45, 2.75) is 12.0 Å². The summed E-state index contributed by atoms with van der Waals surface area (Å²) in [6.07, 6.45) is 4.12. The molecular formula is C18H19N5O2. The van der Waals surface area contributed by atoms with Gasteiger partial charge in [0.2, 0.25) is 0 Å². The van der Waals surface area contributed by atoms with Crippen molar-refractivity contribution < 1.29 is 9.53 Å². The fourth-order valence-electron chi connectivity index (χ4n) is 3.20. The molecule has 128 valence electrons. The van der Waals surface area contributed by atoms with Crippen molar-refractivity contribution in [2.24, 2.45) is 0 Å². The Kier molecular flexibility index (Phi) is 3.95. The smallest absolute Gasteiger partial charge is 0.257 e. The van der Waals surface area contributed by atoms with E-state index >= 15 is 0 Å². The number of carbonyl (C=O) groups is 1. The first-order valence-electron chi connectivity index (χ1n) is 8.18. The van der Waals surface area contributed by atoms with Crippen LogP contribution in [0.4, 0.5) is 5.69 Å². The first kappa shape index (κ1) is 15.7. The number of nitrogens with zero attached hydrogens (tertiary/aromatic N) is 2. The second kappa shape index (κ2) is 6.27. The van der Waals surface area contributed by atoms with Crippen LogP contribution in [0.2, 0.25) is 0 Å². The van der Waals surface area contributed by atoms with E-state index in [2.05, 4.69) is 25.8 Å². The van der Waals surface area contributed by atoms with Crippen LogP contribution < -0.4 is 10.6 Å². The maximum Gasteiger partial charge on any atom is 0.257 e. The number of pyridine rings is 1. The number of rotatable bonds is 4. The number of ether oxygens (including phenoxy) is 1. The third kappa shape index (κ3) is 2.77. The molecule has 0 bridgehead atoms. The summed E-state index contributed by atoms with van der Waals surface area (Å²) in [5.41, 5.74) is 2.63. The summed E-state index contributed by atoms with van der Waals surface area (Å²) in [6.45, 7) is 1.29. The molecule has 3 heterocycles. The topological polar surface area (TPSA) is 91.9 Å². The zero-order valence-electron chi connectivity index (χ0n) is 13.9. The Hall–Kier alpha value is -2.77. The standard InChI is InChI=1S/C18H19N5O2/c1-25-18(6-9-20-11-18)17(24)21-13-2-3-15-14(10-13)16(23-22-15)12-4-7-19-8-5-12/h2-5,7-8,10,20H,6,9,11H2,1H3,(H,21,24)(H,22,23). The molecule has 0 spiro atoms. The van der Waals surface area contributed by atoms with Gasteiger partial charge in [-0.2, -0.15) is 5.10 Å². The van der Waals surface area contributed by atoms with E-state index < -0.39 is 5.60 Å². The Bertz CT molecular complexity index is 900. The fourth-order valence-corrected chi connectivity index (χ4v) is 3.20. The van der Waals surface area contributed by atoms with Crippen LogP contribution in [0, 0.1) is 0 Å². The van der Waals surface area contributed by atoms with Crippen molar-refractivity contribution in [1.29, 1.82) is 0 Å². The third-order valence-electron chi connectivity index (χ3n) is 4.70. The van der Waals surface area contributed by atoms with Crippen molar-refractivity contribution in [3.63, 3.8) is 0 Å². The SMILES string of the molecule is COC1(C(=O)Nc2ccc3[nH]nc(-c4ccncc4)c3c2)CCNC1. The van der Waals surface area contributed by atoms with Crippen molar-refractivity contribution >= 4 is 22.5 Å². The van der Waals surface area contributed by atoms with Gasteiger partial charge >= 0.3 is 0 Å². The normalized spacial score (nSPS) is 20.0. The first-order valence-corrected chi connectivity index (χ1v) is 8.18. The number of aromatic amines is 1. The predicted molar refractivity (Wildman–Crippen MR) is 95.2 cm³/mol. The van der Waals surface area contributed by atoms with Gasteiger partial charge in [0.1, 0.15) is 5.69 Å². The quantitative estimate of drug-likeness (QED) is 0.677. The summed E-state index contributed by atoms with van der Waals surface area (Å²) >= 11 is 0. The van der Waals surface area contributed by atoms with Crippen LogP contribution in [-0.2, 0) is 9.53 Å². The van der Waals surface area contributed by atoms with Crippen molar-refractivity contribution in [3.8, 4) is 11.3 Å². The molecule has 7 heteroatoms. The molecule has 0 radical (unpaired) electrons. The van der Waals surface area contributed by atoms with Crippen LogP contribution in [0.1, 0.15) is 6.42 Å². The van der Waals surface area contributed by atoms with Gasteiger partial charge in [-0.3, -0.25) is 14.9 Å². The lowest BCUT2D eigenvalue weighted by Crippen LogP contribution is -2.46. The summed E-state index contributed by atoms with van der Waals surface area (Å²) in [4.78, 5) is 16.7. The Balaban J connectivity index is 1.66. The molecule has 25 heavy (non-hydrogen) atoms. The molecular weight excluding hydrogens is 318 g/mol. The molecule has 7 nitrogen and oxygen atoms in total. The van der Waals surface area contributed by atoms with Gasteiger partial charge in [-0.15, -0.1) is 0 Å². The molecule has 1 fully saturated rings. The van der Waals surface area contributed by atoms with Gasteiger partial charge in [0.15, 0.2) is 5.60 Å². The highest BCUT2D eigenvalue weighted by Gasteiger charge is 2.41. The van der Waals surface area contributed by atoms with Gasteiger partial charge in [0.25, 0.3) is 5.91 Å². The van der Waals surface area contributed by atoms with Gasteiger partial charge in [-0.05, 0) is 43.3 Å². The highest BCUT2D eigenvalue weighted by atomic mass is 16.5. The maximum atomic E-state index is 12.7. The molecule has 1 saturated heterocycles. The zero-order valence-corrected chi connectivity index (χ0v) is 13.9. The van der Waals surface area contributed by atoms with Crippen LogP contribution in [0.15, 0.2) is 42.7 Å². The Labute approximate surface area is 144 Å². The predicted octanol–water partition coefficient (Wildman–Crippen LogP) is 1.94. The minimum absolute atomic E-state index is 0.131. The number of hydrogen-bond donors (Lipinski definition) is 3. The van der Waals surface area contributed by atoms with Crippen LogP contribution in [0.3, 0.4) is 0 Å². The lowest BCUT2D eigenvalue weighted by Gasteiger charge is -2.25. The molecule has 1 amide bonds. The molecule has 4 rings (SSSR count). The van der Waals surface area contributed by atoms with Crippen molar-refractivity contribution in [2.75, 3.05) is 25.5 Å². The number of hydrogen-bond acceptors (Lipinski definition) is 5.